The van der Waals surface area contributed by atoms with Crippen molar-refractivity contribution in [3.05, 3.63) is 27.9 Å². The zero-order chi connectivity index (χ0) is 14.8. The average molecular weight is 299 g/mol. The van der Waals surface area contributed by atoms with E-state index in [9.17, 15) is 13.2 Å². The molecule has 1 atom stereocenters. The second kappa shape index (κ2) is 6.05. The van der Waals surface area contributed by atoms with Crippen LogP contribution in [0.5, 0.6) is 0 Å². The van der Waals surface area contributed by atoms with Crippen LogP contribution in [-0.2, 0) is 22.8 Å². The molecule has 6 nitrogen and oxygen atoms in total. The summed E-state index contributed by atoms with van der Waals surface area (Å²) in [5, 5.41) is 0. The standard InChI is InChI=1S/C13H21N3O3S/c1-3-11-6-13(17)15-12(14-11)8-16-4-5-20(18,19)9-10(2)7-16/h6,10H,3-5,7-9H2,1-2H3,(H,14,15,17). The monoisotopic (exact) mass is 299 g/mol. The van der Waals surface area contributed by atoms with Crippen molar-refractivity contribution in [3.63, 3.8) is 0 Å². The van der Waals surface area contributed by atoms with Crippen LogP contribution in [0.1, 0.15) is 25.4 Å². The predicted molar refractivity (Wildman–Crippen MR) is 77.3 cm³/mol. The number of H-pyrrole nitrogens is 1. The minimum atomic E-state index is -2.95. The van der Waals surface area contributed by atoms with Gasteiger partial charge in [-0.3, -0.25) is 9.69 Å². The molecule has 0 bridgehead atoms. The first-order chi connectivity index (χ1) is 9.38. The van der Waals surface area contributed by atoms with Crippen LogP contribution < -0.4 is 5.56 Å². The lowest BCUT2D eigenvalue weighted by Crippen LogP contribution is -2.30. The van der Waals surface area contributed by atoms with Gasteiger partial charge in [-0.25, -0.2) is 13.4 Å². The maximum absolute atomic E-state index is 11.7. The maximum Gasteiger partial charge on any atom is 0.251 e. The van der Waals surface area contributed by atoms with Crippen molar-refractivity contribution >= 4 is 9.84 Å². The molecule has 1 N–H and O–H groups in total. The van der Waals surface area contributed by atoms with E-state index in [0.29, 0.717) is 31.9 Å². The van der Waals surface area contributed by atoms with Crippen LogP contribution >= 0.6 is 0 Å². The maximum atomic E-state index is 11.7. The molecule has 1 aliphatic rings. The van der Waals surface area contributed by atoms with Gasteiger partial charge < -0.3 is 4.98 Å². The Morgan fingerprint density at radius 3 is 2.95 bits per heavy atom. The van der Waals surface area contributed by atoms with E-state index in [0.717, 1.165) is 5.69 Å². The normalized spacial score (nSPS) is 23.4. The Balaban J connectivity index is 2.13. The number of aryl methyl sites for hydroxylation is 1. The Labute approximate surface area is 119 Å². The number of nitrogens with zero attached hydrogens (tertiary/aromatic N) is 2. The second-order valence-corrected chi connectivity index (χ2v) is 7.72. The Kier molecular flexibility index (Phi) is 4.59. The van der Waals surface area contributed by atoms with Crippen LogP contribution in [0, 0.1) is 5.92 Å². The van der Waals surface area contributed by atoms with Crippen LogP contribution in [0.2, 0.25) is 0 Å². The van der Waals surface area contributed by atoms with E-state index in [1.165, 1.54) is 6.07 Å². The van der Waals surface area contributed by atoms with Crippen molar-refractivity contribution in [2.75, 3.05) is 24.6 Å². The van der Waals surface area contributed by atoms with Crippen molar-refractivity contribution in [2.45, 2.75) is 26.8 Å². The summed E-state index contributed by atoms with van der Waals surface area (Å²) in [5.74, 6) is 1.13. The van der Waals surface area contributed by atoms with Crippen molar-refractivity contribution in [1.29, 1.82) is 0 Å². The molecule has 1 fully saturated rings. The molecule has 0 aliphatic carbocycles. The number of hydrogen-bond acceptors (Lipinski definition) is 5. The van der Waals surface area contributed by atoms with E-state index >= 15 is 0 Å². The summed E-state index contributed by atoms with van der Waals surface area (Å²) in [6.45, 7) is 5.58. The van der Waals surface area contributed by atoms with Crippen LogP contribution in [0.15, 0.2) is 10.9 Å². The van der Waals surface area contributed by atoms with Gasteiger partial charge in [0.1, 0.15) is 5.82 Å². The topological polar surface area (TPSA) is 83.1 Å². The first-order valence-corrected chi connectivity index (χ1v) is 8.72. The van der Waals surface area contributed by atoms with Gasteiger partial charge in [-0.1, -0.05) is 13.8 Å². The lowest BCUT2D eigenvalue weighted by Gasteiger charge is -2.20. The van der Waals surface area contributed by atoms with Gasteiger partial charge in [0.15, 0.2) is 9.84 Å². The molecule has 2 heterocycles. The quantitative estimate of drug-likeness (QED) is 0.862. The first-order valence-electron chi connectivity index (χ1n) is 6.90. The highest BCUT2D eigenvalue weighted by Crippen LogP contribution is 2.12. The minimum Gasteiger partial charge on any atom is -0.309 e. The van der Waals surface area contributed by atoms with Crippen molar-refractivity contribution in [2.24, 2.45) is 5.92 Å². The fraction of sp³-hybridized carbons (Fsp3) is 0.692. The van der Waals surface area contributed by atoms with Gasteiger partial charge >= 0.3 is 0 Å². The number of sulfone groups is 1. The number of rotatable bonds is 3. The fourth-order valence-corrected chi connectivity index (χ4v) is 4.22. The highest BCUT2D eigenvalue weighted by Gasteiger charge is 2.24. The molecule has 0 amide bonds. The number of aromatic nitrogens is 2. The summed E-state index contributed by atoms with van der Waals surface area (Å²) < 4.78 is 23.5. The van der Waals surface area contributed by atoms with E-state index in [-0.39, 0.29) is 23.0 Å². The summed E-state index contributed by atoms with van der Waals surface area (Å²) >= 11 is 0. The first kappa shape index (κ1) is 15.2. The van der Waals surface area contributed by atoms with Gasteiger partial charge in [0.05, 0.1) is 18.1 Å². The number of nitrogens with one attached hydrogen (secondary N) is 1. The van der Waals surface area contributed by atoms with Gasteiger partial charge in [0.2, 0.25) is 0 Å². The summed E-state index contributed by atoms with van der Waals surface area (Å²) in [5.41, 5.74) is 0.613. The smallest absolute Gasteiger partial charge is 0.251 e. The molecule has 20 heavy (non-hydrogen) atoms. The van der Waals surface area contributed by atoms with Crippen LogP contribution in [-0.4, -0.2) is 47.9 Å². The number of aromatic amines is 1. The molecular weight excluding hydrogens is 278 g/mol. The molecule has 0 spiro atoms. The van der Waals surface area contributed by atoms with E-state index in [4.69, 9.17) is 0 Å². The SMILES string of the molecule is CCc1cc(=O)[nH]c(CN2CCS(=O)(=O)CC(C)C2)n1. The Morgan fingerprint density at radius 2 is 2.25 bits per heavy atom. The van der Waals surface area contributed by atoms with Gasteiger partial charge in [-0.05, 0) is 12.3 Å². The van der Waals surface area contributed by atoms with Gasteiger partial charge in [0, 0.05) is 24.8 Å². The van der Waals surface area contributed by atoms with E-state index < -0.39 is 9.84 Å². The molecule has 0 saturated carbocycles. The van der Waals surface area contributed by atoms with Crippen LogP contribution in [0.25, 0.3) is 0 Å². The Morgan fingerprint density at radius 1 is 1.50 bits per heavy atom. The number of hydrogen-bond donors (Lipinski definition) is 1. The summed E-state index contributed by atoms with van der Waals surface area (Å²) in [6.07, 6.45) is 0.710. The van der Waals surface area contributed by atoms with Crippen molar-refractivity contribution in [3.8, 4) is 0 Å². The molecule has 1 saturated heterocycles. The molecule has 1 unspecified atom stereocenters. The highest BCUT2D eigenvalue weighted by atomic mass is 32.2. The second-order valence-electron chi connectivity index (χ2n) is 5.49. The minimum absolute atomic E-state index is 0.101. The average Bonchev–Trinajstić information content (AvgIpc) is 2.46. The Hall–Kier alpha value is -1.21. The van der Waals surface area contributed by atoms with Crippen LogP contribution in [0.4, 0.5) is 0 Å². The largest absolute Gasteiger partial charge is 0.309 e. The third-order valence-corrected chi connectivity index (χ3v) is 5.29. The van der Waals surface area contributed by atoms with E-state index in [2.05, 4.69) is 9.97 Å². The molecule has 0 aromatic carbocycles. The highest BCUT2D eigenvalue weighted by molar-refractivity contribution is 7.91. The van der Waals surface area contributed by atoms with Gasteiger partial charge in [-0.15, -0.1) is 0 Å². The fourth-order valence-electron chi connectivity index (χ4n) is 2.54. The molecule has 1 aromatic rings. The summed E-state index contributed by atoms with van der Waals surface area (Å²) in [6, 6.07) is 1.50. The summed E-state index contributed by atoms with van der Waals surface area (Å²) in [7, 11) is -2.95. The lowest BCUT2D eigenvalue weighted by molar-refractivity contribution is 0.250. The van der Waals surface area contributed by atoms with Crippen molar-refractivity contribution in [1.82, 2.24) is 14.9 Å². The third kappa shape index (κ3) is 4.14. The molecule has 1 aromatic heterocycles. The Bertz CT molecular complexity index is 624. The third-order valence-electron chi connectivity index (χ3n) is 3.41. The molecule has 112 valence electrons. The molecular formula is C13H21N3O3S. The molecule has 7 heteroatoms. The molecule has 1 aliphatic heterocycles. The van der Waals surface area contributed by atoms with E-state index in [1.807, 2.05) is 18.7 Å². The molecule has 2 rings (SSSR count). The predicted octanol–water partition coefficient (Wildman–Crippen LogP) is 0.199. The van der Waals surface area contributed by atoms with Gasteiger partial charge in [0.25, 0.3) is 5.56 Å². The van der Waals surface area contributed by atoms with E-state index in [1.54, 1.807) is 0 Å². The van der Waals surface area contributed by atoms with Gasteiger partial charge in [-0.2, -0.15) is 0 Å². The summed E-state index contributed by atoms with van der Waals surface area (Å²) in [4.78, 5) is 20.7. The molecule has 0 radical (unpaired) electrons. The lowest BCUT2D eigenvalue weighted by atomic mass is 10.2. The van der Waals surface area contributed by atoms with Crippen molar-refractivity contribution < 1.29 is 8.42 Å². The zero-order valence-electron chi connectivity index (χ0n) is 11.9. The zero-order valence-corrected chi connectivity index (χ0v) is 12.7. The van der Waals surface area contributed by atoms with Crippen LogP contribution in [0.3, 0.4) is 0 Å².